The minimum atomic E-state index is -0.210. The summed E-state index contributed by atoms with van der Waals surface area (Å²) in [6.45, 7) is 0.173. The van der Waals surface area contributed by atoms with Crippen LogP contribution in [0.2, 0.25) is 0 Å². The van der Waals surface area contributed by atoms with Gasteiger partial charge >= 0.3 is 0 Å². The van der Waals surface area contributed by atoms with Gasteiger partial charge < -0.3 is 15.4 Å². The number of nitrogens with one attached hydrogen (secondary N) is 2. The van der Waals surface area contributed by atoms with Gasteiger partial charge in [0.2, 0.25) is 0 Å². The van der Waals surface area contributed by atoms with E-state index in [-0.39, 0.29) is 12.5 Å². The summed E-state index contributed by atoms with van der Waals surface area (Å²) in [5, 5.41) is 11.5. The standard InChI is InChI=1S/C13H15N3O2S/c17-6-7-19-9-10-3-5-15-12(8-10)16-13(18)11-2-1-4-14-11/h1-5,8,14,17H,6-7,9H2,(H,15,16,18). The maximum Gasteiger partial charge on any atom is 0.273 e. The second-order valence-corrected chi connectivity index (χ2v) is 4.97. The Morgan fingerprint density at radius 3 is 3.11 bits per heavy atom. The number of rotatable bonds is 6. The van der Waals surface area contributed by atoms with Crippen molar-refractivity contribution in [2.24, 2.45) is 0 Å². The molecule has 19 heavy (non-hydrogen) atoms. The summed E-state index contributed by atoms with van der Waals surface area (Å²) in [6.07, 6.45) is 3.36. The van der Waals surface area contributed by atoms with Crippen molar-refractivity contribution in [1.29, 1.82) is 0 Å². The number of carbonyl (C=O) groups excluding carboxylic acids is 1. The van der Waals surface area contributed by atoms with Crippen LogP contribution in [0.25, 0.3) is 0 Å². The number of aliphatic hydroxyl groups is 1. The Bertz CT molecular complexity index is 528. The first kappa shape index (κ1) is 13.6. The van der Waals surface area contributed by atoms with Crippen LogP contribution < -0.4 is 5.32 Å². The molecule has 0 aliphatic rings. The highest BCUT2D eigenvalue weighted by atomic mass is 32.2. The van der Waals surface area contributed by atoms with E-state index in [9.17, 15) is 4.79 Å². The molecule has 0 aromatic carbocycles. The number of anilines is 1. The number of amides is 1. The molecule has 6 heteroatoms. The lowest BCUT2D eigenvalue weighted by Gasteiger charge is -2.05. The maximum absolute atomic E-state index is 11.8. The number of hydrogen-bond acceptors (Lipinski definition) is 4. The Morgan fingerprint density at radius 1 is 1.47 bits per heavy atom. The summed E-state index contributed by atoms with van der Waals surface area (Å²) in [4.78, 5) is 18.8. The highest BCUT2D eigenvalue weighted by Gasteiger charge is 2.07. The van der Waals surface area contributed by atoms with Gasteiger partial charge in [0.05, 0.1) is 6.61 Å². The predicted octanol–water partition coefficient (Wildman–Crippen LogP) is 1.89. The molecule has 0 spiro atoms. The van der Waals surface area contributed by atoms with Gasteiger partial charge in [-0.3, -0.25) is 4.79 Å². The number of pyridine rings is 1. The number of aliphatic hydroxyl groups excluding tert-OH is 1. The Balaban J connectivity index is 1.97. The van der Waals surface area contributed by atoms with Crippen LogP contribution in [0.4, 0.5) is 5.82 Å². The largest absolute Gasteiger partial charge is 0.396 e. The van der Waals surface area contributed by atoms with Crippen molar-refractivity contribution in [3.63, 3.8) is 0 Å². The van der Waals surface area contributed by atoms with E-state index in [2.05, 4.69) is 15.3 Å². The van der Waals surface area contributed by atoms with Crippen LogP contribution in [-0.2, 0) is 5.75 Å². The zero-order valence-electron chi connectivity index (χ0n) is 10.3. The lowest BCUT2D eigenvalue weighted by Crippen LogP contribution is -2.13. The molecule has 0 aliphatic heterocycles. The molecular formula is C13H15N3O2S. The molecule has 0 bridgehead atoms. The monoisotopic (exact) mass is 277 g/mol. The first-order chi connectivity index (χ1) is 9.29. The predicted molar refractivity (Wildman–Crippen MR) is 76.2 cm³/mol. The molecule has 1 amide bonds. The molecule has 5 nitrogen and oxygen atoms in total. The van der Waals surface area contributed by atoms with Crippen molar-refractivity contribution in [3.8, 4) is 0 Å². The van der Waals surface area contributed by atoms with Gasteiger partial charge in [-0.1, -0.05) is 0 Å². The number of aromatic amines is 1. The third kappa shape index (κ3) is 4.11. The maximum atomic E-state index is 11.8. The quantitative estimate of drug-likeness (QED) is 0.705. The molecule has 0 unspecified atom stereocenters. The first-order valence-electron chi connectivity index (χ1n) is 5.88. The first-order valence-corrected chi connectivity index (χ1v) is 7.03. The Labute approximate surface area is 115 Å². The van der Waals surface area contributed by atoms with Crippen molar-refractivity contribution in [2.45, 2.75) is 5.75 Å². The van der Waals surface area contributed by atoms with Gasteiger partial charge in [0.1, 0.15) is 11.5 Å². The van der Waals surface area contributed by atoms with Crippen LogP contribution >= 0.6 is 11.8 Å². The smallest absolute Gasteiger partial charge is 0.273 e. The molecule has 0 saturated carbocycles. The van der Waals surface area contributed by atoms with Gasteiger partial charge in [0.15, 0.2) is 0 Å². The molecule has 3 N–H and O–H groups in total. The SMILES string of the molecule is O=C(Nc1cc(CSCCO)ccn1)c1ccc[nH]1. The number of aromatic nitrogens is 2. The molecule has 0 radical (unpaired) electrons. The van der Waals surface area contributed by atoms with Crippen LogP contribution in [-0.4, -0.2) is 33.3 Å². The van der Waals surface area contributed by atoms with Crippen LogP contribution in [0.1, 0.15) is 16.1 Å². The molecule has 2 aromatic rings. The summed E-state index contributed by atoms with van der Waals surface area (Å²) in [5.41, 5.74) is 1.57. The topological polar surface area (TPSA) is 78.0 Å². The molecule has 2 aromatic heterocycles. The minimum Gasteiger partial charge on any atom is -0.396 e. The highest BCUT2D eigenvalue weighted by molar-refractivity contribution is 7.98. The molecule has 100 valence electrons. The lowest BCUT2D eigenvalue weighted by molar-refractivity contribution is 0.102. The third-order valence-electron chi connectivity index (χ3n) is 2.41. The minimum absolute atomic E-state index is 0.173. The Kier molecular flexibility index (Phi) is 5.00. The van der Waals surface area contributed by atoms with E-state index in [4.69, 9.17) is 5.11 Å². The molecular weight excluding hydrogens is 262 g/mol. The Hall–Kier alpha value is -1.79. The fourth-order valence-electron chi connectivity index (χ4n) is 1.54. The van der Waals surface area contributed by atoms with E-state index < -0.39 is 0 Å². The van der Waals surface area contributed by atoms with E-state index in [0.29, 0.717) is 17.3 Å². The van der Waals surface area contributed by atoms with Gasteiger partial charge in [0, 0.05) is 23.9 Å². The van der Waals surface area contributed by atoms with Crippen molar-refractivity contribution >= 4 is 23.5 Å². The number of hydrogen-bond donors (Lipinski definition) is 3. The van der Waals surface area contributed by atoms with Crippen molar-refractivity contribution in [3.05, 3.63) is 47.9 Å². The van der Waals surface area contributed by atoms with Crippen LogP contribution in [0.3, 0.4) is 0 Å². The second kappa shape index (κ2) is 6.96. The second-order valence-electron chi connectivity index (χ2n) is 3.86. The highest BCUT2D eigenvalue weighted by Crippen LogP contribution is 2.14. The summed E-state index contributed by atoms with van der Waals surface area (Å²) in [7, 11) is 0. The van der Waals surface area contributed by atoms with E-state index in [1.165, 1.54) is 0 Å². The van der Waals surface area contributed by atoms with Gasteiger partial charge in [-0.25, -0.2) is 4.98 Å². The van der Waals surface area contributed by atoms with Crippen molar-refractivity contribution in [2.75, 3.05) is 17.7 Å². The summed E-state index contributed by atoms with van der Waals surface area (Å²) in [5.74, 6) is 1.81. The lowest BCUT2D eigenvalue weighted by atomic mass is 10.3. The fourth-order valence-corrected chi connectivity index (χ4v) is 2.23. The van der Waals surface area contributed by atoms with Crippen molar-refractivity contribution < 1.29 is 9.90 Å². The van der Waals surface area contributed by atoms with Crippen LogP contribution in [0, 0.1) is 0 Å². The van der Waals surface area contributed by atoms with Gasteiger partial charge in [-0.15, -0.1) is 0 Å². The summed E-state index contributed by atoms with van der Waals surface area (Å²) in [6, 6.07) is 7.21. The average Bonchev–Trinajstić information content (AvgIpc) is 2.93. The molecule has 2 heterocycles. The number of thioether (sulfide) groups is 1. The van der Waals surface area contributed by atoms with E-state index in [0.717, 1.165) is 11.3 Å². The molecule has 0 atom stereocenters. The number of H-pyrrole nitrogens is 1. The van der Waals surface area contributed by atoms with E-state index >= 15 is 0 Å². The average molecular weight is 277 g/mol. The zero-order chi connectivity index (χ0) is 13.5. The summed E-state index contributed by atoms with van der Waals surface area (Å²) >= 11 is 1.64. The van der Waals surface area contributed by atoms with E-state index in [1.807, 2.05) is 12.1 Å². The van der Waals surface area contributed by atoms with Crippen LogP contribution in [0.15, 0.2) is 36.7 Å². The molecule has 0 fully saturated rings. The van der Waals surface area contributed by atoms with Gasteiger partial charge in [-0.2, -0.15) is 11.8 Å². The normalized spacial score (nSPS) is 10.4. The van der Waals surface area contributed by atoms with E-state index in [1.54, 1.807) is 36.3 Å². The zero-order valence-corrected chi connectivity index (χ0v) is 11.1. The van der Waals surface area contributed by atoms with Crippen LogP contribution in [0.5, 0.6) is 0 Å². The summed E-state index contributed by atoms with van der Waals surface area (Å²) < 4.78 is 0. The van der Waals surface area contributed by atoms with Crippen molar-refractivity contribution in [1.82, 2.24) is 9.97 Å². The molecule has 2 rings (SSSR count). The third-order valence-corrected chi connectivity index (χ3v) is 3.42. The molecule has 0 saturated heterocycles. The number of nitrogens with zero attached hydrogens (tertiary/aromatic N) is 1. The molecule has 0 aliphatic carbocycles. The van der Waals surface area contributed by atoms with Gasteiger partial charge in [-0.05, 0) is 29.8 Å². The fraction of sp³-hybridized carbons (Fsp3) is 0.231. The van der Waals surface area contributed by atoms with Gasteiger partial charge in [0.25, 0.3) is 5.91 Å². The Morgan fingerprint density at radius 2 is 2.37 bits per heavy atom. The number of carbonyl (C=O) groups is 1.